The second kappa shape index (κ2) is 7.95. The van der Waals surface area contributed by atoms with E-state index in [-0.39, 0.29) is 16.7 Å². The van der Waals surface area contributed by atoms with Gasteiger partial charge in [0.1, 0.15) is 4.21 Å². The van der Waals surface area contributed by atoms with Gasteiger partial charge in [-0.05, 0) is 24.3 Å². The van der Waals surface area contributed by atoms with Crippen molar-refractivity contribution in [2.45, 2.75) is 42.4 Å². The van der Waals surface area contributed by atoms with Crippen LogP contribution in [0.1, 0.15) is 32.1 Å². The Hall–Kier alpha value is -0.960. The first-order valence-electron chi connectivity index (χ1n) is 8.61. The fourth-order valence-corrected chi connectivity index (χ4v) is 5.55. The van der Waals surface area contributed by atoms with Crippen molar-refractivity contribution in [2.75, 3.05) is 32.7 Å². The van der Waals surface area contributed by atoms with E-state index in [1.807, 2.05) is 0 Å². The van der Waals surface area contributed by atoms with Gasteiger partial charge in [-0.1, -0.05) is 25.3 Å². The minimum Gasteiger partial charge on any atom is -0.339 e. The fraction of sp³-hybridized carbons (Fsp3) is 0.688. The molecule has 1 N–H and O–H groups in total. The number of rotatable bonds is 5. The van der Waals surface area contributed by atoms with Crippen molar-refractivity contribution in [3.05, 3.63) is 17.5 Å². The molecule has 1 aliphatic carbocycles. The fourth-order valence-electron chi connectivity index (χ4n) is 3.54. The van der Waals surface area contributed by atoms with Crippen LogP contribution in [0.25, 0.3) is 0 Å². The standard InChI is InChI=1S/C16H25N3O3S2/c20-15(13-17-24(21,22)16-7-4-12-23-16)19-10-8-18(9-11-19)14-5-2-1-3-6-14/h4,7,12,14,17H,1-3,5-6,8-11,13H2. The summed E-state index contributed by atoms with van der Waals surface area (Å²) in [4.78, 5) is 16.6. The molecule has 1 aromatic rings. The monoisotopic (exact) mass is 371 g/mol. The summed E-state index contributed by atoms with van der Waals surface area (Å²) in [6, 6.07) is 3.90. The minimum absolute atomic E-state index is 0.140. The maximum atomic E-state index is 12.3. The highest BCUT2D eigenvalue weighted by Gasteiger charge is 2.27. The van der Waals surface area contributed by atoms with Crippen LogP contribution in [0, 0.1) is 0 Å². The Morgan fingerprint density at radius 3 is 2.50 bits per heavy atom. The van der Waals surface area contributed by atoms with E-state index in [9.17, 15) is 13.2 Å². The van der Waals surface area contributed by atoms with Crippen molar-refractivity contribution in [3.8, 4) is 0 Å². The highest BCUT2D eigenvalue weighted by molar-refractivity contribution is 7.91. The molecule has 24 heavy (non-hydrogen) atoms. The Kier molecular flexibility index (Phi) is 5.91. The van der Waals surface area contributed by atoms with Crippen LogP contribution in [0.4, 0.5) is 0 Å². The van der Waals surface area contributed by atoms with Gasteiger partial charge in [0.15, 0.2) is 0 Å². The normalized spacial score (nSPS) is 21.1. The number of sulfonamides is 1. The van der Waals surface area contributed by atoms with Gasteiger partial charge < -0.3 is 4.90 Å². The molecule has 3 rings (SSSR count). The Labute approximate surface area is 147 Å². The Bertz CT molecular complexity index is 632. The number of carbonyl (C=O) groups is 1. The molecule has 0 unspecified atom stereocenters. The molecule has 1 aliphatic heterocycles. The van der Waals surface area contributed by atoms with Crippen LogP contribution in [0.15, 0.2) is 21.7 Å². The van der Waals surface area contributed by atoms with Crippen molar-refractivity contribution in [3.63, 3.8) is 0 Å². The molecular weight excluding hydrogens is 346 g/mol. The molecule has 2 aliphatic rings. The Balaban J connectivity index is 1.45. The highest BCUT2D eigenvalue weighted by atomic mass is 32.2. The lowest BCUT2D eigenvalue weighted by molar-refractivity contribution is -0.132. The van der Waals surface area contributed by atoms with E-state index in [0.29, 0.717) is 19.1 Å². The smallest absolute Gasteiger partial charge is 0.250 e. The number of thiophene rings is 1. The molecule has 0 atom stereocenters. The summed E-state index contributed by atoms with van der Waals surface area (Å²) in [5.41, 5.74) is 0. The molecule has 0 aromatic carbocycles. The second-order valence-electron chi connectivity index (χ2n) is 6.47. The molecule has 1 aromatic heterocycles. The maximum Gasteiger partial charge on any atom is 0.250 e. The summed E-state index contributed by atoms with van der Waals surface area (Å²) < 4.78 is 26.8. The molecule has 1 saturated heterocycles. The molecule has 0 radical (unpaired) electrons. The number of amides is 1. The zero-order valence-corrected chi connectivity index (χ0v) is 15.4. The quantitative estimate of drug-likeness (QED) is 0.852. The van der Waals surface area contributed by atoms with Crippen molar-refractivity contribution < 1.29 is 13.2 Å². The van der Waals surface area contributed by atoms with E-state index in [4.69, 9.17) is 0 Å². The van der Waals surface area contributed by atoms with Gasteiger partial charge >= 0.3 is 0 Å². The van der Waals surface area contributed by atoms with Crippen LogP contribution in [-0.4, -0.2) is 62.9 Å². The zero-order chi connectivity index (χ0) is 17.0. The van der Waals surface area contributed by atoms with Crippen molar-refractivity contribution in [2.24, 2.45) is 0 Å². The average Bonchev–Trinajstić information content (AvgIpc) is 3.16. The number of nitrogens with zero attached hydrogens (tertiary/aromatic N) is 2. The van der Waals surface area contributed by atoms with E-state index in [2.05, 4.69) is 9.62 Å². The first kappa shape index (κ1) is 17.8. The first-order chi connectivity index (χ1) is 11.6. The van der Waals surface area contributed by atoms with E-state index in [0.717, 1.165) is 24.4 Å². The summed E-state index contributed by atoms with van der Waals surface area (Å²) >= 11 is 1.15. The summed E-state index contributed by atoms with van der Waals surface area (Å²) in [5.74, 6) is -0.140. The highest BCUT2D eigenvalue weighted by Crippen LogP contribution is 2.23. The molecule has 1 amide bonds. The second-order valence-corrected chi connectivity index (χ2v) is 9.41. The number of hydrogen-bond acceptors (Lipinski definition) is 5. The third-order valence-corrected chi connectivity index (χ3v) is 7.73. The largest absolute Gasteiger partial charge is 0.339 e. The third kappa shape index (κ3) is 4.36. The summed E-state index contributed by atoms with van der Waals surface area (Å²) in [6.45, 7) is 3.01. The number of carbonyl (C=O) groups excluding carboxylic acids is 1. The molecule has 2 heterocycles. The number of piperazine rings is 1. The minimum atomic E-state index is -3.57. The van der Waals surface area contributed by atoms with Crippen molar-refractivity contribution >= 4 is 27.3 Å². The van der Waals surface area contributed by atoms with Crippen LogP contribution in [0.5, 0.6) is 0 Å². The zero-order valence-electron chi connectivity index (χ0n) is 13.8. The molecule has 2 fully saturated rings. The Morgan fingerprint density at radius 2 is 1.88 bits per heavy atom. The SMILES string of the molecule is O=C(CNS(=O)(=O)c1cccs1)N1CCN(C2CCCCC2)CC1. The molecular formula is C16H25N3O3S2. The van der Waals surface area contributed by atoms with E-state index in [1.165, 1.54) is 32.1 Å². The van der Waals surface area contributed by atoms with Crippen LogP contribution < -0.4 is 4.72 Å². The molecule has 8 heteroatoms. The van der Waals surface area contributed by atoms with Gasteiger partial charge in [0.2, 0.25) is 5.91 Å². The van der Waals surface area contributed by atoms with Gasteiger partial charge in [0, 0.05) is 32.2 Å². The first-order valence-corrected chi connectivity index (χ1v) is 11.0. The maximum absolute atomic E-state index is 12.3. The molecule has 1 saturated carbocycles. The average molecular weight is 372 g/mol. The van der Waals surface area contributed by atoms with Gasteiger partial charge in [-0.25, -0.2) is 13.1 Å². The Morgan fingerprint density at radius 1 is 1.17 bits per heavy atom. The predicted octanol–water partition coefficient (Wildman–Crippen LogP) is 1.50. The van der Waals surface area contributed by atoms with E-state index in [1.54, 1.807) is 22.4 Å². The lowest BCUT2D eigenvalue weighted by Crippen LogP contribution is -2.53. The van der Waals surface area contributed by atoms with Crippen LogP contribution in [0.2, 0.25) is 0 Å². The predicted molar refractivity (Wildman–Crippen MR) is 94.5 cm³/mol. The summed E-state index contributed by atoms with van der Waals surface area (Å²) in [7, 11) is -3.57. The van der Waals surface area contributed by atoms with Gasteiger partial charge in [-0.15, -0.1) is 11.3 Å². The topological polar surface area (TPSA) is 69.7 Å². The van der Waals surface area contributed by atoms with Gasteiger partial charge in [0.25, 0.3) is 10.0 Å². The van der Waals surface area contributed by atoms with Crippen molar-refractivity contribution in [1.82, 2.24) is 14.5 Å². The van der Waals surface area contributed by atoms with Crippen LogP contribution in [0.3, 0.4) is 0 Å². The lowest BCUT2D eigenvalue weighted by Gasteiger charge is -2.40. The van der Waals surface area contributed by atoms with E-state index >= 15 is 0 Å². The van der Waals surface area contributed by atoms with E-state index < -0.39 is 10.0 Å². The van der Waals surface area contributed by atoms with Crippen LogP contribution >= 0.6 is 11.3 Å². The third-order valence-electron chi connectivity index (χ3n) is 4.93. The number of nitrogens with one attached hydrogen (secondary N) is 1. The number of hydrogen-bond donors (Lipinski definition) is 1. The van der Waals surface area contributed by atoms with Gasteiger partial charge in [-0.2, -0.15) is 0 Å². The van der Waals surface area contributed by atoms with Gasteiger partial charge in [0.05, 0.1) is 6.54 Å². The lowest BCUT2D eigenvalue weighted by atomic mass is 9.94. The molecule has 134 valence electrons. The summed E-state index contributed by atoms with van der Waals surface area (Å²) in [5, 5.41) is 1.71. The summed E-state index contributed by atoms with van der Waals surface area (Å²) in [6.07, 6.45) is 6.52. The molecule has 0 bridgehead atoms. The molecule has 6 nitrogen and oxygen atoms in total. The molecule has 0 spiro atoms. The van der Waals surface area contributed by atoms with Crippen molar-refractivity contribution in [1.29, 1.82) is 0 Å². The van der Waals surface area contributed by atoms with Gasteiger partial charge in [-0.3, -0.25) is 9.69 Å². The van der Waals surface area contributed by atoms with Crippen LogP contribution in [-0.2, 0) is 14.8 Å².